The van der Waals surface area contributed by atoms with Crippen molar-refractivity contribution in [3.63, 3.8) is 0 Å². The Morgan fingerprint density at radius 2 is 1.72 bits per heavy atom. The molecule has 0 spiro atoms. The Balaban J connectivity index is 2.56. The van der Waals surface area contributed by atoms with Crippen molar-refractivity contribution in [2.24, 2.45) is 0 Å². The summed E-state index contributed by atoms with van der Waals surface area (Å²) in [4.78, 5) is 0. The van der Waals surface area contributed by atoms with Crippen LogP contribution in [0.3, 0.4) is 0 Å². The first-order valence-electron chi connectivity index (χ1n) is 6.02. The highest BCUT2D eigenvalue weighted by molar-refractivity contribution is 5.41. The van der Waals surface area contributed by atoms with Crippen LogP contribution in [-0.2, 0) is 0 Å². The Kier molecular flexibility index (Phi) is 3.53. The average molecular weight is 247 g/mol. The van der Waals surface area contributed by atoms with E-state index in [1.807, 2.05) is 33.9 Å². The quantitative estimate of drug-likeness (QED) is 0.895. The highest BCUT2D eigenvalue weighted by Crippen LogP contribution is 2.30. The summed E-state index contributed by atoms with van der Waals surface area (Å²) in [5.74, 6) is 0.690. The second-order valence-electron chi connectivity index (χ2n) is 4.64. The van der Waals surface area contributed by atoms with E-state index in [0.29, 0.717) is 0 Å². The summed E-state index contributed by atoms with van der Waals surface area (Å²) in [6, 6.07) is 5.02. The van der Waals surface area contributed by atoms with Gasteiger partial charge in [0.05, 0.1) is 12.3 Å². The topological polar surface area (TPSA) is 25.2 Å². The van der Waals surface area contributed by atoms with E-state index >= 15 is 0 Å². The van der Waals surface area contributed by atoms with Crippen molar-refractivity contribution in [1.82, 2.24) is 5.32 Å². The molecule has 18 heavy (non-hydrogen) atoms. The molecule has 1 aromatic heterocycles. The summed E-state index contributed by atoms with van der Waals surface area (Å²) in [5.41, 5.74) is 4.04. The molecule has 1 aromatic carbocycles. The Morgan fingerprint density at radius 1 is 1.11 bits per heavy atom. The molecule has 2 aromatic rings. The number of nitrogens with one attached hydrogen (secondary N) is 1. The maximum Gasteiger partial charge on any atom is 0.128 e. The minimum atomic E-state index is -0.195. The molecule has 3 heteroatoms. The Bertz CT molecular complexity index is 536. The van der Waals surface area contributed by atoms with Gasteiger partial charge in [-0.1, -0.05) is 0 Å². The van der Waals surface area contributed by atoms with Gasteiger partial charge in [0, 0.05) is 0 Å². The second kappa shape index (κ2) is 4.94. The summed E-state index contributed by atoms with van der Waals surface area (Å²) in [6.07, 6.45) is 1.68. The highest BCUT2D eigenvalue weighted by atomic mass is 19.1. The molecule has 2 nitrogen and oxygen atoms in total. The van der Waals surface area contributed by atoms with E-state index in [2.05, 4.69) is 5.32 Å². The van der Waals surface area contributed by atoms with Gasteiger partial charge in [-0.15, -0.1) is 0 Å². The van der Waals surface area contributed by atoms with Crippen molar-refractivity contribution in [2.75, 3.05) is 7.05 Å². The van der Waals surface area contributed by atoms with E-state index in [1.165, 1.54) is 0 Å². The Labute approximate surface area is 107 Å². The van der Waals surface area contributed by atoms with Gasteiger partial charge in [0.2, 0.25) is 0 Å². The lowest BCUT2D eigenvalue weighted by Gasteiger charge is -2.20. The standard InChI is InChI=1S/C15H18FNO/c1-9-5-6-18-15(9)14(17-4)13-10(2)7-12(16)8-11(13)3/h5-8,14,17H,1-4H3. The fourth-order valence-corrected chi connectivity index (χ4v) is 2.46. The van der Waals surface area contributed by atoms with E-state index in [4.69, 9.17) is 4.42 Å². The van der Waals surface area contributed by atoms with Gasteiger partial charge in [0.25, 0.3) is 0 Å². The normalized spacial score (nSPS) is 12.7. The van der Waals surface area contributed by atoms with Crippen LogP contribution in [0.5, 0.6) is 0 Å². The third-order valence-corrected chi connectivity index (χ3v) is 3.30. The number of rotatable bonds is 3. The molecule has 0 saturated carbocycles. The predicted octanol–water partition coefficient (Wildman–Crippen LogP) is 3.65. The molecule has 0 bridgehead atoms. The van der Waals surface area contributed by atoms with E-state index in [1.54, 1.807) is 18.4 Å². The molecule has 0 aliphatic carbocycles. The summed E-state index contributed by atoms with van der Waals surface area (Å²) in [5, 5.41) is 3.25. The third-order valence-electron chi connectivity index (χ3n) is 3.30. The first-order valence-corrected chi connectivity index (χ1v) is 6.02. The molecule has 96 valence electrons. The predicted molar refractivity (Wildman–Crippen MR) is 70.2 cm³/mol. The van der Waals surface area contributed by atoms with Gasteiger partial charge in [-0.25, -0.2) is 4.39 Å². The molecule has 1 heterocycles. The van der Waals surface area contributed by atoms with Gasteiger partial charge in [0.1, 0.15) is 11.6 Å². The third kappa shape index (κ3) is 2.18. The van der Waals surface area contributed by atoms with Crippen molar-refractivity contribution in [2.45, 2.75) is 26.8 Å². The van der Waals surface area contributed by atoms with Gasteiger partial charge in [-0.3, -0.25) is 0 Å². The van der Waals surface area contributed by atoms with Crippen LogP contribution >= 0.6 is 0 Å². The lowest BCUT2D eigenvalue weighted by atomic mass is 9.93. The number of aryl methyl sites for hydroxylation is 3. The molecular weight excluding hydrogens is 229 g/mol. The van der Waals surface area contributed by atoms with Crippen LogP contribution in [0.25, 0.3) is 0 Å². The maximum absolute atomic E-state index is 13.4. The minimum Gasteiger partial charge on any atom is -0.467 e. The Hall–Kier alpha value is -1.61. The largest absolute Gasteiger partial charge is 0.467 e. The highest BCUT2D eigenvalue weighted by Gasteiger charge is 2.21. The van der Waals surface area contributed by atoms with Gasteiger partial charge < -0.3 is 9.73 Å². The van der Waals surface area contributed by atoms with Gasteiger partial charge in [0.15, 0.2) is 0 Å². The van der Waals surface area contributed by atoms with Crippen LogP contribution in [-0.4, -0.2) is 7.05 Å². The van der Waals surface area contributed by atoms with E-state index in [-0.39, 0.29) is 11.9 Å². The maximum atomic E-state index is 13.4. The van der Waals surface area contributed by atoms with E-state index in [9.17, 15) is 4.39 Å². The number of furan rings is 1. The smallest absolute Gasteiger partial charge is 0.128 e. The Morgan fingerprint density at radius 3 is 2.17 bits per heavy atom. The number of halogens is 1. The van der Waals surface area contributed by atoms with Crippen molar-refractivity contribution < 1.29 is 8.81 Å². The van der Waals surface area contributed by atoms with Gasteiger partial charge >= 0.3 is 0 Å². The molecule has 0 aliphatic heterocycles. The zero-order valence-electron chi connectivity index (χ0n) is 11.2. The second-order valence-corrected chi connectivity index (χ2v) is 4.64. The molecule has 1 atom stereocenters. The molecule has 0 saturated heterocycles. The zero-order chi connectivity index (χ0) is 13.3. The molecule has 1 N–H and O–H groups in total. The van der Waals surface area contributed by atoms with E-state index < -0.39 is 0 Å². The van der Waals surface area contributed by atoms with Crippen LogP contribution in [0.4, 0.5) is 4.39 Å². The van der Waals surface area contributed by atoms with Crippen molar-refractivity contribution in [3.8, 4) is 0 Å². The summed E-state index contributed by atoms with van der Waals surface area (Å²) < 4.78 is 18.9. The monoisotopic (exact) mass is 247 g/mol. The van der Waals surface area contributed by atoms with Crippen LogP contribution < -0.4 is 5.32 Å². The molecule has 0 aliphatic rings. The first kappa shape index (κ1) is 12.8. The van der Waals surface area contributed by atoms with E-state index in [0.717, 1.165) is 28.0 Å². The lowest BCUT2D eigenvalue weighted by molar-refractivity contribution is 0.458. The average Bonchev–Trinajstić information content (AvgIpc) is 2.69. The lowest BCUT2D eigenvalue weighted by Crippen LogP contribution is -2.20. The van der Waals surface area contributed by atoms with Crippen LogP contribution in [0.15, 0.2) is 28.9 Å². The van der Waals surface area contributed by atoms with Gasteiger partial charge in [-0.2, -0.15) is 0 Å². The number of benzene rings is 1. The molecule has 0 radical (unpaired) electrons. The van der Waals surface area contributed by atoms with Crippen molar-refractivity contribution in [3.05, 3.63) is 58.3 Å². The van der Waals surface area contributed by atoms with Crippen molar-refractivity contribution in [1.29, 1.82) is 0 Å². The molecular formula is C15H18FNO. The van der Waals surface area contributed by atoms with Crippen LogP contribution in [0.1, 0.15) is 34.1 Å². The summed E-state index contributed by atoms with van der Waals surface area (Å²) in [6.45, 7) is 5.86. The van der Waals surface area contributed by atoms with Crippen LogP contribution in [0, 0.1) is 26.6 Å². The number of hydrogen-bond donors (Lipinski definition) is 1. The van der Waals surface area contributed by atoms with Crippen LogP contribution in [0.2, 0.25) is 0 Å². The molecule has 2 rings (SSSR count). The zero-order valence-corrected chi connectivity index (χ0v) is 11.2. The summed E-state index contributed by atoms with van der Waals surface area (Å²) >= 11 is 0. The first-order chi connectivity index (χ1) is 8.54. The number of hydrogen-bond acceptors (Lipinski definition) is 2. The fourth-order valence-electron chi connectivity index (χ4n) is 2.46. The van der Waals surface area contributed by atoms with Gasteiger partial charge in [-0.05, 0) is 68.3 Å². The fraction of sp³-hybridized carbons (Fsp3) is 0.333. The molecule has 0 fully saturated rings. The summed E-state index contributed by atoms with van der Waals surface area (Å²) in [7, 11) is 1.88. The van der Waals surface area contributed by atoms with Crippen molar-refractivity contribution >= 4 is 0 Å². The molecule has 0 amide bonds. The minimum absolute atomic E-state index is 0.0411. The SMILES string of the molecule is CNC(c1occc1C)c1c(C)cc(F)cc1C. The molecule has 1 unspecified atom stereocenters.